The van der Waals surface area contributed by atoms with E-state index < -0.39 is 12.6 Å². The molecule has 0 saturated heterocycles. The van der Waals surface area contributed by atoms with Crippen LogP contribution in [0.15, 0.2) is 12.4 Å². The summed E-state index contributed by atoms with van der Waals surface area (Å²) >= 11 is 0. The molecule has 1 unspecified atom stereocenters. The zero-order chi connectivity index (χ0) is 14.6. The van der Waals surface area contributed by atoms with Gasteiger partial charge in [0.25, 0.3) is 0 Å². The van der Waals surface area contributed by atoms with Crippen molar-refractivity contribution in [2.75, 3.05) is 0 Å². The minimum Gasteiger partial charge on any atom is -0.350 e. The van der Waals surface area contributed by atoms with E-state index in [1.807, 2.05) is 20.8 Å². The molecule has 2 N–H and O–H groups in total. The highest BCUT2D eigenvalue weighted by atomic mass is 19.3. The smallest absolute Gasteiger partial charge is 0.319 e. The maximum Gasteiger partial charge on any atom is 0.319 e. The molecule has 0 bridgehead atoms. The number of hydrogen-bond donors (Lipinski definition) is 2. The van der Waals surface area contributed by atoms with Gasteiger partial charge in [-0.15, -0.1) is 0 Å². The van der Waals surface area contributed by atoms with Crippen LogP contribution in [0.25, 0.3) is 0 Å². The van der Waals surface area contributed by atoms with Gasteiger partial charge in [-0.3, -0.25) is 14.7 Å². The molecule has 1 atom stereocenters. The first-order chi connectivity index (χ1) is 8.70. The molecule has 0 aromatic carbocycles. The van der Waals surface area contributed by atoms with Crippen molar-refractivity contribution in [3.8, 4) is 0 Å². The standard InChI is InChI=1S/C12H20F2N4O/c1-8(10(19)17-12(2,3)4)16-7-9-15-5-6-18(9)11(13)14/h5-6,8,11,16H,7H2,1-4H3,(H,17,19). The van der Waals surface area contributed by atoms with E-state index in [0.717, 1.165) is 4.57 Å². The molecule has 0 saturated carbocycles. The van der Waals surface area contributed by atoms with E-state index in [2.05, 4.69) is 15.6 Å². The van der Waals surface area contributed by atoms with Crippen LogP contribution in [0.3, 0.4) is 0 Å². The Morgan fingerprint density at radius 3 is 2.63 bits per heavy atom. The number of hydrogen-bond acceptors (Lipinski definition) is 3. The number of halogens is 2. The maximum atomic E-state index is 12.6. The molecule has 1 amide bonds. The van der Waals surface area contributed by atoms with Crippen molar-refractivity contribution in [3.05, 3.63) is 18.2 Å². The van der Waals surface area contributed by atoms with Gasteiger partial charge in [0, 0.05) is 17.9 Å². The van der Waals surface area contributed by atoms with Crippen molar-refractivity contribution in [2.45, 2.75) is 52.4 Å². The van der Waals surface area contributed by atoms with E-state index in [9.17, 15) is 13.6 Å². The Bertz CT molecular complexity index is 426. The van der Waals surface area contributed by atoms with Gasteiger partial charge in [0.1, 0.15) is 5.82 Å². The van der Waals surface area contributed by atoms with Crippen molar-refractivity contribution in [2.24, 2.45) is 0 Å². The summed E-state index contributed by atoms with van der Waals surface area (Å²) in [6.45, 7) is 4.79. The molecular weight excluding hydrogens is 254 g/mol. The van der Waals surface area contributed by atoms with Gasteiger partial charge < -0.3 is 5.32 Å². The van der Waals surface area contributed by atoms with Crippen LogP contribution < -0.4 is 10.6 Å². The molecule has 1 rings (SSSR count). The zero-order valence-corrected chi connectivity index (χ0v) is 11.6. The number of nitrogens with zero attached hydrogens (tertiary/aromatic N) is 2. The van der Waals surface area contributed by atoms with Crippen LogP contribution in [0.4, 0.5) is 8.78 Å². The molecule has 1 aromatic heterocycles. The fourth-order valence-electron chi connectivity index (χ4n) is 1.47. The highest BCUT2D eigenvalue weighted by Gasteiger charge is 2.19. The van der Waals surface area contributed by atoms with Crippen molar-refractivity contribution in [3.63, 3.8) is 0 Å². The average Bonchev–Trinajstić information content (AvgIpc) is 2.71. The van der Waals surface area contributed by atoms with Crippen molar-refractivity contribution in [1.29, 1.82) is 0 Å². The summed E-state index contributed by atoms with van der Waals surface area (Å²) in [5.41, 5.74) is -0.325. The molecule has 0 aliphatic rings. The first-order valence-corrected chi connectivity index (χ1v) is 6.06. The number of nitrogens with one attached hydrogen (secondary N) is 2. The Labute approximate surface area is 111 Å². The van der Waals surface area contributed by atoms with Gasteiger partial charge in [-0.1, -0.05) is 0 Å². The molecule has 108 valence electrons. The third kappa shape index (κ3) is 4.94. The van der Waals surface area contributed by atoms with E-state index >= 15 is 0 Å². The molecule has 1 heterocycles. The molecule has 0 spiro atoms. The van der Waals surface area contributed by atoms with Gasteiger partial charge in [-0.05, 0) is 27.7 Å². The first kappa shape index (κ1) is 15.6. The van der Waals surface area contributed by atoms with Crippen LogP contribution in [0.1, 0.15) is 40.1 Å². The Kier molecular flexibility index (Phi) is 4.99. The summed E-state index contributed by atoms with van der Waals surface area (Å²) in [4.78, 5) is 15.6. The van der Waals surface area contributed by atoms with Crippen LogP contribution in [-0.4, -0.2) is 27.0 Å². The second-order valence-corrected chi connectivity index (χ2v) is 5.37. The van der Waals surface area contributed by atoms with E-state index in [1.54, 1.807) is 6.92 Å². The van der Waals surface area contributed by atoms with Gasteiger partial charge in [-0.25, -0.2) is 4.98 Å². The van der Waals surface area contributed by atoms with Crippen molar-refractivity contribution in [1.82, 2.24) is 20.2 Å². The number of imidazole rings is 1. The second kappa shape index (κ2) is 6.10. The SMILES string of the molecule is CC(NCc1nccn1C(F)F)C(=O)NC(C)(C)C. The summed E-state index contributed by atoms with van der Waals surface area (Å²) in [5.74, 6) is 0.0214. The summed E-state index contributed by atoms with van der Waals surface area (Å²) in [7, 11) is 0. The Morgan fingerprint density at radius 1 is 1.47 bits per heavy atom. The fourth-order valence-corrected chi connectivity index (χ4v) is 1.47. The van der Waals surface area contributed by atoms with E-state index in [1.165, 1.54) is 12.4 Å². The minimum absolute atomic E-state index is 0.107. The molecule has 0 aliphatic heterocycles. The fraction of sp³-hybridized carbons (Fsp3) is 0.667. The normalized spacial score (nSPS) is 13.6. The molecule has 5 nitrogen and oxygen atoms in total. The maximum absolute atomic E-state index is 12.6. The van der Waals surface area contributed by atoms with Crippen LogP contribution in [0.2, 0.25) is 0 Å². The summed E-state index contributed by atoms with van der Waals surface area (Å²) in [6, 6.07) is -0.484. The summed E-state index contributed by atoms with van der Waals surface area (Å²) in [5, 5.41) is 5.68. The number of alkyl halides is 2. The molecular formula is C12H20F2N4O. The van der Waals surface area contributed by atoms with Gasteiger partial charge in [0.15, 0.2) is 0 Å². The van der Waals surface area contributed by atoms with Gasteiger partial charge in [-0.2, -0.15) is 8.78 Å². The van der Waals surface area contributed by atoms with Crippen LogP contribution in [-0.2, 0) is 11.3 Å². The predicted molar refractivity (Wildman–Crippen MR) is 67.7 cm³/mol. The largest absolute Gasteiger partial charge is 0.350 e. The highest BCUT2D eigenvalue weighted by molar-refractivity contribution is 5.81. The third-order valence-electron chi connectivity index (χ3n) is 2.42. The summed E-state index contributed by atoms with van der Waals surface area (Å²) in [6.07, 6.45) is 2.52. The third-order valence-corrected chi connectivity index (χ3v) is 2.42. The lowest BCUT2D eigenvalue weighted by Crippen LogP contribution is -2.49. The Hall–Kier alpha value is -1.50. The molecule has 0 fully saturated rings. The quantitative estimate of drug-likeness (QED) is 0.858. The lowest BCUT2D eigenvalue weighted by atomic mass is 10.1. The molecule has 19 heavy (non-hydrogen) atoms. The monoisotopic (exact) mass is 274 g/mol. The van der Waals surface area contributed by atoms with Crippen molar-refractivity contribution < 1.29 is 13.6 Å². The number of rotatable bonds is 5. The van der Waals surface area contributed by atoms with Gasteiger partial charge >= 0.3 is 6.55 Å². The second-order valence-electron chi connectivity index (χ2n) is 5.37. The topological polar surface area (TPSA) is 59.0 Å². The number of aromatic nitrogens is 2. The van der Waals surface area contributed by atoms with Crippen LogP contribution >= 0.6 is 0 Å². The number of carbonyl (C=O) groups is 1. The predicted octanol–water partition coefficient (Wildman–Crippen LogP) is 1.67. The van der Waals surface area contributed by atoms with Gasteiger partial charge in [0.05, 0.1) is 12.6 Å². The molecule has 0 aliphatic carbocycles. The Morgan fingerprint density at radius 2 is 2.11 bits per heavy atom. The summed E-state index contributed by atoms with van der Waals surface area (Å²) < 4.78 is 25.9. The number of carbonyl (C=O) groups excluding carboxylic acids is 1. The molecule has 0 radical (unpaired) electrons. The van der Waals surface area contributed by atoms with Crippen molar-refractivity contribution >= 4 is 5.91 Å². The van der Waals surface area contributed by atoms with Crippen LogP contribution in [0.5, 0.6) is 0 Å². The highest BCUT2D eigenvalue weighted by Crippen LogP contribution is 2.12. The van der Waals surface area contributed by atoms with Crippen LogP contribution in [0, 0.1) is 0 Å². The van der Waals surface area contributed by atoms with E-state index in [-0.39, 0.29) is 23.8 Å². The molecule has 1 aromatic rings. The van der Waals surface area contributed by atoms with E-state index in [4.69, 9.17) is 0 Å². The van der Waals surface area contributed by atoms with E-state index in [0.29, 0.717) is 0 Å². The lowest BCUT2D eigenvalue weighted by Gasteiger charge is -2.23. The lowest BCUT2D eigenvalue weighted by molar-refractivity contribution is -0.124. The molecule has 7 heteroatoms. The number of amides is 1. The first-order valence-electron chi connectivity index (χ1n) is 6.06. The minimum atomic E-state index is -2.63. The Balaban J connectivity index is 2.52. The average molecular weight is 274 g/mol. The van der Waals surface area contributed by atoms with Gasteiger partial charge in [0.2, 0.25) is 5.91 Å². The zero-order valence-electron chi connectivity index (χ0n) is 11.6.